The van der Waals surface area contributed by atoms with Crippen LogP contribution in [0.25, 0.3) is 0 Å². The van der Waals surface area contributed by atoms with E-state index in [9.17, 15) is 9.59 Å². The van der Waals surface area contributed by atoms with E-state index in [0.29, 0.717) is 5.56 Å². The van der Waals surface area contributed by atoms with Gasteiger partial charge >= 0.3 is 0 Å². The smallest absolute Gasteiger partial charge is 0.248 e. The standard InChI is InChI=1S/C13H17N3O2/c14-12(17)9-4-6-10(7-5-9)16-11-3-1-2-8-15-13(11)18/h4-7,11,16H,1-3,8H2,(H2,14,17)(H,15,18). The topological polar surface area (TPSA) is 84.2 Å². The summed E-state index contributed by atoms with van der Waals surface area (Å²) in [5.41, 5.74) is 6.45. The van der Waals surface area contributed by atoms with Gasteiger partial charge in [0.25, 0.3) is 0 Å². The van der Waals surface area contributed by atoms with E-state index in [1.807, 2.05) is 0 Å². The second-order valence-corrected chi connectivity index (χ2v) is 4.43. The van der Waals surface area contributed by atoms with E-state index in [1.165, 1.54) is 0 Å². The van der Waals surface area contributed by atoms with Crippen LogP contribution in [0.15, 0.2) is 24.3 Å². The highest BCUT2D eigenvalue weighted by atomic mass is 16.2. The number of carbonyl (C=O) groups excluding carboxylic acids is 2. The van der Waals surface area contributed by atoms with E-state index in [1.54, 1.807) is 24.3 Å². The molecule has 0 saturated carbocycles. The SMILES string of the molecule is NC(=O)c1ccc(NC2CCCCNC2=O)cc1. The van der Waals surface area contributed by atoms with Gasteiger partial charge < -0.3 is 16.4 Å². The Hall–Kier alpha value is -2.04. The fraction of sp³-hybridized carbons (Fsp3) is 0.385. The molecule has 2 amide bonds. The molecule has 1 aliphatic heterocycles. The number of anilines is 1. The van der Waals surface area contributed by atoms with Gasteiger partial charge in [-0.15, -0.1) is 0 Å². The Balaban J connectivity index is 2.03. The quantitative estimate of drug-likeness (QED) is 0.741. The first-order valence-electron chi connectivity index (χ1n) is 6.11. The van der Waals surface area contributed by atoms with Crippen LogP contribution in [0.5, 0.6) is 0 Å². The molecular formula is C13H17N3O2. The van der Waals surface area contributed by atoms with Gasteiger partial charge in [0.2, 0.25) is 11.8 Å². The minimum Gasteiger partial charge on any atom is -0.374 e. The highest BCUT2D eigenvalue weighted by Crippen LogP contribution is 2.14. The summed E-state index contributed by atoms with van der Waals surface area (Å²) < 4.78 is 0. The number of amides is 2. The number of nitrogens with one attached hydrogen (secondary N) is 2. The lowest BCUT2D eigenvalue weighted by Crippen LogP contribution is -2.37. The van der Waals surface area contributed by atoms with Crippen molar-refractivity contribution in [2.45, 2.75) is 25.3 Å². The van der Waals surface area contributed by atoms with Crippen LogP contribution in [0.1, 0.15) is 29.6 Å². The van der Waals surface area contributed by atoms with Crippen molar-refractivity contribution in [2.24, 2.45) is 5.73 Å². The van der Waals surface area contributed by atoms with Gasteiger partial charge in [0, 0.05) is 17.8 Å². The zero-order chi connectivity index (χ0) is 13.0. The summed E-state index contributed by atoms with van der Waals surface area (Å²) in [6.07, 6.45) is 2.86. The van der Waals surface area contributed by atoms with Gasteiger partial charge in [0.1, 0.15) is 6.04 Å². The third-order valence-electron chi connectivity index (χ3n) is 3.05. The number of benzene rings is 1. The van der Waals surface area contributed by atoms with Crippen LogP contribution in [0.2, 0.25) is 0 Å². The third-order valence-corrected chi connectivity index (χ3v) is 3.05. The van der Waals surface area contributed by atoms with Crippen molar-refractivity contribution < 1.29 is 9.59 Å². The summed E-state index contributed by atoms with van der Waals surface area (Å²) in [5, 5.41) is 6.04. The second kappa shape index (κ2) is 5.53. The zero-order valence-corrected chi connectivity index (χ0v) is 10.1. The van der Waals surface area contributed by atoms with E-state index >= 15 is 0 Å². The number of hydrogen-bond acceptors (Lipinski definition) is 3. The summed E-state index contributed by atoms with van der Waals surface area (Å²) >= 11 is 0. The molecule has 0 aliphatic carbocycles. The summed E-state index contributed by atoms with van der Waals surface area (Å²) in [6, 6.07) is 6.63. The minimum atomic E-state index is -0.450. The summed E-state index contributed by atoms with van der Waals surface area (Å²) in [7, 11) is 0. The lowest BCUT2D eigenvalue weighted by atomic mass is 10.1. The molecule has 4 N–H and O–H groups in total. The Morgan fingerprint density at radius 2 is 2.00 bits per heavy atom. The van der Waals surface area contributed by atoms with Gasteiger partial charge in [0.05, 0.1) is 0 Å². The molecule has 2 rings (SSSR count). The van der Waals surface area contributed by atoms with Gasteiger partial charge in [-0.05, 0) is 43.5 Å². The molecule has 1 aromatic carbocycles. The van der Waals surface area contributed by atoms with E-state index in [-0.39, 0.29) is 11.9 Å². The van der Waals surface area contributed by atoms with Crippen LogP contribution in [0, 0.1) is 0 Å². The van der Waals surface area contributed by atoms with Gasteiger partial charge in [-0.3, -0.25) is 9.59 Å². The average Bonchev–Trinajstić information content (AvgIpc) is 2.56. The number of nitrogens with two attached hydrogens (primary N) is 1. The van der Waals surface area contributed by atoms with Crippen molar-refractivity contribution in [3.63, 3.8) is 0 Å². The van der Waals surface area contributed by atoms with Crippen molar-refractivity contribution in [1.29, 1.82) is 0 Å². The first kappa shape index (κ1) is 12.4. The lowest BCUT2D eigenvalue weighted by Gasteiger charge is -2.16. The molecule has 96 valence electrons. The van der Waals surface area contributed by atoms with Gasteiger partial charge in [-0.1, -0.05) is 0 Å². The monoisotopic (exact) mass is 247 g/mol. The van der Waals surface area contributed by atoms with E-state index in [4.69, 9.17) is 5.73 Å². The molecule has 1 atom stereocenters. The van der Waals surface area contributed by atoms with Crippen molar-refractivity contribution in [1.82, 2.24) is 5.32 Å². The second-order valence-electron chi connectivity index (χ2n) is 4.43. The fourth-order valence-corrected chi connectivity index (χ4v) is 2.01. The number of carbonyl (C=O) groups is 2. The van der Waals surface area contributed by atoms with Crippen LogP contribution in [-0.2, 0) is 4.79 Å². The van der Waals surface area contributed by atoms with Crippen molar-refractivity contribution in [2.75, 3.05) is 11.9 Å². The molecule has 5 nitrogen and oxygen atoms in total. The zero-order valence-electron chi connectivity index (χ0n) is 10.1. The maximum absolute atomic E-state index is 11.7. The van der Waals surface area contributed by atoms with Crippen molar-refractivity contribution in [3.8, 4) is 0 Å². The van der Waals surface area contributed by atoms with Crippen LogP contribution in [0.4, 0.5) is 5.69 Å². The molecule has 1 heterocycles. The molecule has 0 spiro atoms. The fourth-order valence-electron chi connectivity index (χ4n) is 2.01. The molecular weight excluding hydrogens is 230 g/mol. The van der Waals surface area contributed by atoms with E-state index in [0.717, 1.165) is 31.5 Å². The summed E-state index contributed by atoms with van der Waals surface area (Å²) in [5.74, 6) is -0.416. The van der Waals surface area contributed by atoms with Crippen molar-refractivity contribution >= 4 is 17.5 Å². The number of hydrogen-bond donors (Lipinski definition) is 3. The maximum Gasteiger partial charge on any atom is 0.248 e. The lowest BCUT2D eigenvalue weighted by molar-refractivity contribution is -0.121. The van der Waals surface area contributed by atoms with Crippen molar-refractivity contribution in [3.05, 3.63) is 29.8 Å². The minimum absolute atomic E-state index is 0.0338. The summed E-state index contributed by atoms with van der Waals surface area (Å²) in [4.78, 5) is 22.7. The molecule has 1 aromatic rings. The van der Waals surface area contributed by atoms with Crippen LogP contribution in [-0.4, -0.2) is 24.4 Å². The predicted molar refractivity (Wildman–Crippen MR) is 69.2 cm³/mol. The molecule has 0 bridgehead atoms. The highest BCUT2D eigenvalue weighted by Gasteiger charge is 2.19. The Labute approximate surface area is 106 Å². The molecule has 1 unspecified atom stereocenters. The normalized spacial score (nSPS) is 19.8. The van der Waals surface area contributed by atoms with Crippen LogP contribution < -0.4 is 16.4 Å². The molecule has 1 aliphatic rings. The Bertz CT molecular complexity index is 442. The number of rotatable bonds is 3. The Kier molecular flexibility index (Phi) is 3.82. The van der Waals surface area contributed by atoms with Gasteiger partial charge in [0.15, 0.2) is 0 Å². The first-order valence-corrected chi connectivity index (χ1v) is 6.11. The molecule has 18 heavy (non-hydrogen) atoms. The maximum atomic E-state index is 11.7. The highest BCUT2D eigenvalue weighted by molar-refractivity contribution is 5.93. The first-order chi connectivity index (χ1) is 8.66. The van der Waals surface area contributed by atoms with Crippen LogP contribution in [0.3, 0.4) is 0 Å². The van der Waals surface area contributed by atoms with Gasteiger partial charge in [-0.2, -0.15) is 0 Å². The predicted octanol–water partition coefficient (Wildman–Crippen LogP) is 0.866. The van der Waals surface area contributed by atoms with E-state index < -0.39 is 5.91 Å². The largest absolute Gasteiger partial charge is 0.374 e. The molecule has 0 aromatic heterocycles. The van der Waals surface area contributed by atoms with Crippen LogP contribution >= 0.6 is 0 Å². The number of primary amides is 1. The Morgan fingerprint density at radius 1 is 1.28 bits per heavy atom. The van der Waals surface area contributed by atoms with Gasteiger partial charge in [-0.25, -0.2) is 0 Å². The average molecular weight is 247 g/mol. The summed E-state index contributed by atoms with van der Waals surface area (Å²) in [6.45, 7) is 0.748. The van der Waals surface area contributed by atoms with E-state index in [2.05, 4.69) is 10.6 Å². The molecule has 1 fully saturated rings. The molecule has 5 heteroatoms. The molecule has 1 saturated heterocycles. The third kappa shape index (κ3) is 3.00. The Morgan fingerprint density at radius 3 is 2.67 bits per heavy atom. The molecule has 0 radical (unpaired) electrons.